The minimum atomic E-state index is 0.901. The van der Waals surface area contributed by atoms with Crippen molar-refractivity contribution in [2.45, 2.75) is 20.8 Å². The fraction of sp³-hybridized carbons (Fsp3) is 0.259. The highest BCUT2D eigenvalue weighted by Crippen LogP contribution is 2.23. The molecule has 0 unspecified atom stereocenters. The molecule has 150 valence electrons. The Balaban J connectivity index is 2.07. The van der Waals surface area contributed by atoms with Gasteiger partial charge in [0.2, 0.25) is 0 Å². The van der Waals surface area contributed by atoms with E-state index in [1.807, 2.05) is 0 Å². The first-order valence-electron chi connectivity index (χ1n) is 10.7. The second-order valence-corrected chi connectivity index (χ2v) is 7.09. The molecule has 3 aromatic rings. The Hall–Kier alpha value is -2.84. The summed E-state index contributed by atoms with van der Waals surface area (Å²) in [6.07, 6.45) is 2.23. The second-order valence-electron chi connectivity index (χ2n) is 7.09. The molecule has 0 saturated carbocycles. The van der Waals surface area contributed by atoms with Crippen LogP contribution in [0.4, 0.5) is 5.69 Å². The molecule has 1 N–H and O–H groups in total. The van der Waals surface area contributed by atoms with Crippen molar-refractivity contribution in [2.75, 3.05) is 31.1 Å². The lowest BCUT2D eigenvalue weighted by Gasteiger charge is -2.21. The number of rotatable bonds is 8. The zero-order valence-electron chi connectivity index (χ0n) is 17.9. The lowest BCUT2D eigenvalue weighted by molar-refractivity contribution is 0.815. The maximum Gasteiger partial charge on any atom is 0.0366 e. The quantitative estimate of drug-likeness (QED) is 0.587. The van der Waals surface area contributed by atoms with Gasteiger partial charge < -0.3 is 10.2 Å². The summed E-state index contributed by atoms with van der Waals surface area (Å²) in [5, 5.41) is 5.84. The van der Waals surface area contributed by atoms with E-state index in [-0.39, 0.29) is 0 Å². The van der Waals surface area contributed by atoms with Gasteiger partial charge in [-0.25, -0.2) is 0 Å². The Morgan fingerprint density at radius 1 is 0.759 bits per heavy atom. The molecule has 0 fully saturated rings. The topological polar surface area (TPSA) is 15.3 Å². The molecule has 0 radical (unpaired) electrons. The molecule has 0 bridgehead atoms. The summed E-state index contributed by atoms with van der Waals surface area (Å²) >= 11 is 0. The van der Waals surface area contributed by atoms with Crippen molar-refractivity contribution >= 4 is 17.3 Å². The van der Waals surface area contributed by atoms with E-state index in [2.05, 4.69) is 116 Å². The minimum Gasteiger partial charge on any atom is -0.372 e. The van der Waals surface area contributed by atoms with Gasteiger partial charge >= 0.3 is 0 Å². The van der Waals surface area contributed by atoms with Gasteiger partial charge in [0.25, 0.3) is 0 Å². The summed E-state index contributed by atoms with van der Waals surface area (Å²) < 4.78 is 0. The largest absolute Gasteiger partial charge is 0.372 e. The summed E-state index contributed by atoms with van der Waals surface area (Å²) in [4.78, 5) is 2.38. The summed E-state index contributed by atoms with van der Waals surface area (Å²) in [5.41, 5.74) is 5.04. The van der Waals surface area contributed by atoms with Crippen LogP contribution in [-0.2, 0) is 0 Å². The van der Waals surface area contributed by atoms with E-state index in [4.69, 9.17) is 0 Å². The molecule has 3 aromatic carbocycles. The van der Waals surface area contributed by atoms with Crippen LogP contribution in [0.15, 0.2) is 78.9 Å². The van der Waals surface area contributed by atoms with Gasteiger partial charge in [0.1, 0.15) is 0 Å². The van der Waals surface area contributed by atoms with Crippen LogP contribution in [-0.4, -0.2) is 26.2 Å². The monoisotopic (exact) mass is 384 g/mol. The highest BCUT2D eigenvalue weighted by Gasteiger charge is 2.08. The van der Waals surface area contributed by atoms with E-state index in [0.29, 0.717) is 0 Å². The third-order valence-corrected chi connectivity index (χ3v) is 5.28. The second kappa shape index (κ2) is 10.6. The number of hydrogen-bond acceptors (Lipinski definition) is 2. The van der Waals surface area contributed by atoms with E-state index < -0.39 is 0 Å². The predicted octanol–water partition coefficient (Wildman–Crippen LogP) is 4.17. The summed E-state index contributed by atoms with van der Waals surface area (Å²) in [7, 11) is 0. The van der Waals surface area contributed by atoms with Gasteiger partial charge in [-0.1, -0.05) is 79.7 Å². The number of benzene rings is 3. The van der Waals surface area contributed by atoms with Gasteiger partial charge in [-0.05, 0) is 59.7 Å². The van der Waals surface area contributed by atoms with Crippen LogP contribution in [0.25, 0.3) is 11.6 Å². The first-order chi connectivity index (χ1) is 14.3. The summed E-state index contributed by atoms with van der Waals surface area (Å²) in [6.45, 7) is 10.5. The van der Waals surface area contributed by atoms with E-state index in [9.17, 15) is 0 Å². The molecular formula is C27H32N2. The Morgan fingerprint density at radius 3 is 1.97 bits per heavy atom. The van der Waals surface area contributed by atoms with Crippen LogP contribution in [0.2, 0.25) is 0 Å². The van der Waals surface area contributed by atoms with Crippen molar-refractivity contribution in [3.63, 3.8) is 0 Å². The number of nitrogens with one attached hydrogen (secondary N) is 1. The molecule has 29 heavy (non-hydrogen) atoms. The molecule has 0 spiro atoms. The van der Waals surface area contributed by atoms with Crippen molar-refractivity contribution < 1.29 is 0 Å². The smallest absolute Gasteiger partial charge is 0.0366 e. The number of nitrogens with zero attached hydrogens (tertiary/aromatic N) is 1. The maximum atomic E-state index is 3.34. The molecule has 0 aliphatic carbocycles. The molecule has 0 heterocycles. The van der Waals surface area contributed by atoms with Gasteiger partial charge in [-0.2, -0.15) is 0 Å². The highest BCUT2D eigenvalue weighted by atomic mass is 15.1. The van der Waals surface area contributed by atoms with Crippen LogP contribution in [0, 0.1) is 0 Å². The normalized spacial score (nSPS) is 10.6. The molecule has 0 aliphatic rings. The van der Waals surface area contributed by atoms with Crippen LogP contribution < -0.4 is 20.7 Å². The summed E-state index contributed by atoms with van der Waals surface area (Å²) in [5.74, 6) is 0. The van der Waals surface area contributed by atoms with Crippen LogP contribution in [0.5, 0.6) is 0 Å². The third kappa shape index (κ3) is 5.36. The lowest BCUT2D eigenvalue weighted by Crippen LogP contribution is -2.21. The Kier molecular flexibility index (Phi) is 7.66. The van der Waals surface area contributed by atoms with Crippen LogP contribution >= 0.6 is 0 Å². The van der Waals surface area contributed by atoms with Crippen molar-refractivity contribution in [3.8, 4) is 0 Å². The third-order valence-electron chi connectivity index (χ3n) is 5.28. The zero-order valence-corrected chi connectivity index (χ0v) is 17.9. The van der Waals surface area contributed by atoms with E-state index >= 15 is 0 Å². The minimum absolute atomic E-state index is 0.901. The fourth-order valence-corrected chi connectivity index (χ4v) is 3.65. The molecule has 0 saturated heterocycles. The van der Waals surface area contributed by atoms with E-state index in [0.717, 1.165) is 26.2 Å². The highest BCUT2D eigenvalue weighted by molar-refractivity contribution is 5.80. The van der Waals surface area contributed by atoms with Crippen molar-refractivity contribution in [3.05, 3.63) is 100 Å². The summed E-state index contributed by atoms with van der Waals surface area (Å²) in [6, 6.07) is 28.5. The Morgan fingerprint density at radius 2 is 1.38 bits per heavy atom. The molecule has 0 aromatic heterocycles. The first kappa shape index (κ1) is 20.9. The van der Waals surface area contributed by atoms with E-state index in [1.165, 1.54) is 32.8 Å². The van der Waals surface area contributed by atoms with Gasteiger partial charge in [-0.3, -0.25) is 0 Å². The number of anilines is 1. The lowest BCUT2D eigenvalue weighted by atomic mass is 9.95. The predicted molar refractivity (Wildman–Crippen MR) is 127 cm³/mol. The van der Waals surface area contributed by atoms with E-state index in [1.54, 1.807) is 0 Å². The molecule has 0 atom stereocenters. The molecule has 2 heteroatoms. The standard InChI is InChI=1S/C27H32N2/c1-4-28-21-20-22-12-14-24(15-13-22)27(23-10-8-7-9-11-23)25-16-18-26(19-17-25)29(5-2)6-3/h7-20,28H,4-6,21H2,1-3H3. The molecule has 3 rings (SSSR count). The molecule has 0 aliphatic heterocycles. The molecule has 0 amide bonds. The van der Waals surface area contributed by atoms with Crippen molar-refractivity contribution in [2.24, 2.45) is 0 Å². The Bertz CT molecular complexity index is 977. The molecule has 2 nitrogen and oxygen atoms in total. The Labute approximate surface area is 175 Å². The maximum absolute atomic E-state index is 3.34. The van der Waals surface area contributed by atoms with Gasteiger partial charge in [0.05, 0.1) is 0 Å². The van der Waals surface area contributed by atoms with Gasteiger partial charge in [0.15, 0.2) is 0 Å². The van der Waals surface area contributed by atoms with Crippen molar-refractivity contribution in [1.29, 1.82) is 0 Å². The average Bonchev–Trinajstić information content (AvgIpc) is 2.78. The number of hydrogen-bond donors (Lipinski definition) is 1. The molecular weight excluding hydrogens is 352 g/mol. The van der Waals surface area contributed by atoms with Crippen LogP contribution in [0.1, 0.15) is 31.9 Å². The fourth-order valence-electron chi connectivity index (χ4n) is 3.65. The zero-order chi connectivity index (χ0) is 20.5. The average molecular weight is 385 g/mol. The SMILES string of the molecule is CCNCC=c1ccc(=C(c2ccccc2)c2ccc(N(CC)CC)cc2)cc1. The first-order valence-corrected chi connectivity index (χ1v) is 10.7. The van der Waals surface area contributed by atoms with Gasteiger partial charge in [-0.15, -0.1) is 0 Å². The van der Waals surface area contributed by atoms with Crippen LogP contribution in [0.3, 0.4) is 0 Å². The van der Waals surface area contributed by atoms with Gasteiger partial charge in [0, 0.05) is 25.3 Å². The van der Waals surface area contributed by atoms with Crippen molar-refractivity contribution in [1.82, 2.24) is 5.32 Å².